The summed E-state index contributed by atoms with van der Waals surface area (Å²) in [6, 6.07) is 6.33. The van der Waals surface area contributed by atoms with Gasteiger partial charge in [-0.2, -0.15) is 0 Å². The zero-order chi connectivity index (χ0) is 13.0. The van der Waals surface area contributed by atoms with E-state index >= 15 is 0 Å². The quantitative estimate of drug-likeness (QED) is 0.778. The Morgan fingerprint density at radius 3 is 2.47 bits per heavy atom. The number of hydrogen-bond donors (Lipinski definition) is 0. The van der Waals surface area contributed by atoms with Crippen LogP contribution in [-0.2, 0) is 4.79 Å². The van der Waals surface area contributed by atoms with Gasteiger partial charge in [0.25, 0.3) is 0 Å². The van der Waals surface area contributed by atoms with Crippen molar-refractivity contribution in [3.8, 4) is 0 Å². The summed E-state index contributed by atoms with van der Waals surface area (Å²) in [5, 5.41) is 0. The fourth-order valence-corrected chi connectivity index (χ4v) is 1.80. The number of nitrogens with zero attached hydrogens (tertiary/aromatic N) is 1. The molecule has 4 heteroatoms. The topological polar surface area (TPSA) is 20.3 Å². The fraction of sp³-hybridized carbons (Fsp3) is 0.462. The predicted octanol–water partition coefficient (Wildman–Crippen LogP) is 3.60. The Bertz CT molecular complexity index is 395. The minimum Gasteiger partial charge on any atom is -0.309 e. The van der Waals surface area contributed by atoms with Gasteiger partial charge < -0.3 is 4.90 Å². The summed E-state index contributed by atoms with van der Waals surface area (Å²) in [5.41, 5.74) is 0.338. The van der Waals surface area contributed by atoms with Crippen molar-refractivity contribution in [1.82, 2.24) is 0 Å². The number of anilines is 1. The molecule has 2 nitrogen and oxygen atoms in total. The minimum absolute atomic E-state index is 0.104. The maximum atomic E-state index is 13.6. The van der Waals surface area contributed by atoms with E-state index < -0.39 is 0 Å². The lowest BCUT2D eigenvalue weighted by Crippen LogP contribution is -2.39. The van der Waals surface area contributed by atoms with Crippen LogP contribution >= 0.6 is 15.9 Å². The number of carbonyl (C=O) groups is 1. The van der Waals surface area contributed by atoms with Crippen LogP contribution in [0.5, 0.6) is 0 Å². The van der Waals surface area contributed by atoms with Gasteiger partial charge in [-0.3, -0.25) is 4.79 Å². The van der Waals surface area contributed by atoms with Crippen molar-refractivity contribution in [2.75, 3.05) is 11.4 Å². The normalized spacial score (nSPS) is 12.6. The fourth-order valence-electron chi connectivity index (χ4n) is 1.55. The molecule has 0 aromatic heterocycles. The highest BCUT2D eigenvalue weighted by molar-refractivity contribution is 9.10. The van der Waals surface area contributed by atoms with Crippen LogP contribution in [0.2, 0.25) is 0 Å². The number of amides is 1. The molecule has 0 fully saturated rings. The molecular weight excluding hydrogens is 285 g/mol. The molecule has 1 rings (SSSR count). The molecule has 0 bridgehead atoms. The largest absolute Gasteiger partial charge is 0.309 e. The second-order valence-corrected chi connectivity index (χ2v) is 5.17. The molecule has 0 aliphatic heterocycles. The average molecular weight is 302 g/mol. The van der Waals surface area contributed by atoms with Gasteiger partial charge in [-0.1, -0.05) is 41.9 Å². The van der Waals surface area contributed by atoms with Crippen molar-refractivity contribution in [2.45, 2.75) is 25.6 Å². The van der Waals surface area contributed by atoms with Crippen LogP contribution in [0, 0.1) is 11.7 Å². The maximum absolute atomic E-state index is 13.6. The molecule has 0 aliphatic carbocycles. The van der Waals surface area contributed by atoms with Crippen molar-refractivity contribution in [3.63, 3.8) is 0 Å². The summed E-state index contributed by atoms with van der Waals surface area (Å²) in [6.45, 7) is 6.19. The number of carbonyl (C=O) groups excluding carboxylic acids is 1. The van der Waals surface area contributed by atoms with Gasteiger partial charge in [0.1, 0.15) is 5.82 Å². The van der Waals surface area contributed by atoms with Crippen LogP contribution in [0.4, 0.5) is 10.1 Å². The van der Waals surface area contributed by atoms with Gasteiger partial charge in [0.15, 0.2) is 0 Å². The van der Waals surface area contributed by atoms with E-state index in [1.54, 1.807) is 18.2 Å². The summed E-state index contributed by atoms with van der Waals surface area (Å²) in [7, 11) is 0. The van der Waals surface area contributed by atoms with E-state index in [0.29, 0.717) is 12.2 Å². The molecular formula is C13H17BrFNO. The van der Waals surface area contributed by atoms with Crippen molar-refractivity contribution < 1.29 is 9.18 Å². The monoisotopic (exact) mass is 301 g/mol. The maximum Gasteiger partial charge on any atom is 0.241 e. The van der Waals surface area contributed by atoms with E-state index in [-0.39, 0.29) is 22.5 Å². The van der Waals surface area contributed by atoms with Crippen LogP contribution in [0.1, 0.15) is 20.8 Å². The second-order valence-electron chi connectivity index (χ2n) is 4.18. The van der Waals surface area contributed by atoms with Crippen molar-refractivity contribution in [1.29, 1.82) is 0 Å². The van der Waals surface area contributed by atoms with Gasteiger partial charge in [-0.15, -0.1) is 0 Å². The number of halogens is 2. The van der Waals surface area contributed by atoms with E-state index in [1.165, 1.54) is 11.0 Å². The molecule has 1 amide bonds. The molecule has 0 saturated heterocycles. The molecule has 94 valence electrons. The molecule has 1 aromatic carbocycles. The van der Waals surface area contributed by atoms with E-state index in [1.807, 2.05) is 20.8 Å². The number of rotatable bonds is 4. The minimum atomic E-state index is -0.369. The number of alkyl halides is 1. The number of para-hydroxylation sites is 1. The lowest BCUT2D eigenvalue weighted by molar-refractivity contribution is -0.118. The highest BCUT2D eigenvalue weighted by atomic mass is 79.9. The van der Waals surface area contributed by atoms with Gasteiger partial charge >= 0.3 is 0 Å². The Morgan fingerprint density at radius 1 is 1.41 bits per heavy atom. The first-order valence-corrected chi connectivity index (χ1v) is 6.60. The molecule has 0 heterocycles. The SMILES string of the molecule is CCN(C(=O)C(Br)C(C)C)c1ccccc1F. The van der Waals surface area contributed by atoms with Gasteiger partial charge in [-0.25, -0.2) is 4.39 Å². The molecule has 0 N–H and O–H groups in total. The highest BCUT2D eigenvalue weighted by Gasteiger charge is 2.25. The molecule has 1 aromatic rings. The third kappa shape index (κ3) is 3.28. The average Bonchev–Trinajstić information content (AvgIpc) is 2.31. The van der Waals surface area contributed by atoms with Crippen LogP contribution in [0.25, 0.3) is 0 Å². The van der Waals surface area contributed by atoms with Crippen LogP contribution in [0.3, 0.4) is 0 Å². The van der Waals surface area contributed by atoms with E-state index in [0.717, 1.165) is 0 Å². The van der Waals surface area contributed by atoms with Crippen LogP contribution < -0.4 is 4.90 Å². The summed E-state index contributed by atoms with van der Waals surface area (Å²) in [6.07, 6.45) is 0. The summed E-state index contributed by atoms with van der Waals surface area (Å²) >= 11 is 3.36. The Labute approximate surface area is 110 Å². The summed E-state index contributed by atoms with van der Waals surface area (Å²) < 4.78 is 13.6. The van der Waals surface area contributed by atoms with E-state index in [9.17, 15) is 9.18 Å². The lowest BCUT2D eigenvalue weighted by Gasteiger charge is -2.25. The molecule has 1 unspecified atom stereocenters. The Morgan fingerprint density at radius 2 is 2.00 bits per heavy atom. The van der Waals surface area contributed by atoms with E-state index in [4.69, 9.17) is 0 Å². The lowest BCUT2D eigenvalue weighted by atomic mass is 10.1. The second kappa shape index (κ2) is 6.15. The third-order valence-electron chi connectivity index (χ3n) is 2.55. The first kappa shape index (κ1) is 14.2. The Kier molecular flexibility index (Phi) is 5.12. The first-order valence-electron chi connectivity index (χ1n) is 5.69. The van der Waals surface area contributed by atoms with Crippen molar-refractivity contribution >= 4 is 27.5 Å². The Hall–Kier alpha value is -0.900. The van der Waals surface area contributed by atoms with Crippen LogP contribution in [-0.4, -0.2) is 17.3 Å². The van der Waals surface area contributed by atoms with Gasteiger partial charge in [0, 0.05) is 6.54 Å². The van der Waals surface area contributed by atoms with Gasteiger partial charge in [-0.05, 0) is 25.0 Å². The summed E-state index contributed by atoms with van der Waals surface area (Å²) in [5.74, 6) is -0.304. The van der Waals surface area contributed by atoms with E-state index in [2.05, 4.69) is 15.9 Å². The zero-order valence-electron chi connectivity index (χ0n) is 10.3. The number of benzene rings is 1. The van der Waals surface area contributed by atoms with Crippen molar-refractivity contribution in [2.24, 2.45) is 5.92 Å². The first-order chi connectivity index (χ1) is 7.99. The Balaban J connectivity index is 3.00. The zero-order valence-corrected chi connectivity index (χ0v) is 11.9. The van der Waals surface area contributed by atoms with Gasteiger partial charge in [0.2, 0.25) is 5.91 Å². The van der Waals surface area contributed by atoms with Crippen LogP contribution in [0.15, 0.2) is 24.3 Å². The molecule has 0 aliphatic rings. The van der Waals surface area contributed by atoms with Gasteiger partial charge in [0.05, 0.1) is 10.5 Å². The molecule has 0 saturated carbocycles. The smallest absolute Gasteiger partial charge is 0.241 e. The summed E-state index contributed by atoms with van der Waals surface area (Å²) in [4.78, 5) is 13.4. The third-order valence-corrected chi connectivity index (χ3v) is 4.00. The number of hydrogen-bond acceptors (Lipinski definition) is 1. The molecule has 1 atom stereocenters. The molecule has 17 heavy (non-hydrogen) atoms. The molecule has 0 radical (unpaired) electrons. The molecule has 0 spiro atoms. The van der Waals surface area contributed by atoms with Crippen molar-refractivity contribution in [3.05, 3.63) is 30.1 Å². The standard InChI is InChI=1S/C13H17BrFNO/c1-4-16(13(17)12(14)9(2)3)11-8-6-5-7-10(11)15/h5-9,12H,4H2,1-3H3. The predicted molar refractivity (Wildman–Crippen MR) is 72.0 cm³/mol. The highest BCUT2D eigenvalue weighted by Crippen LogP contribution is 2.23.